The average Bonchev–Trinajstić information content (AvgIpc) is 3.52. The Morgan fingerprint density at radius 3 is 2.37 bits per heavy atom. The van der Waals surface area contributed by atoms with Gasteiger partial charge in [0.2, 0.25) is 0 Å². The molecule has 1 aliphatic heterocycles. The van der Waals surface area contributed by atoms with E-state index in [4.69, 9.17) is 30.5 Å². The molecule has 2 heterocycles. The van der Waals surface area contributed by atoms with Crippen LogP contribution in [0.5, 0.6) is 17.2 Å². The number of amides is 1. The lowest BCUT2D eigenvalue weighted by Crippen LogP contribution is -2.46. The lowest BCUT2D eigenvalue weighted by Gasteiger charge is -2.39. The zero-order chi connectivity index (χ0) is 37.1. The zero-order valence-corrected chi connectivity index (χ0v) is 30.5. The number of ether oxygens (including phenoxy) is 4. The second kappa shape index (κ2) is 15.3. The number of aryl methyl sites for hydroxylation is 1. The smallest absolute Gasteiger partial charge is 0.410 e. The standard InChI is InChI=1S/C34H39ClF2N6O7S/c1-34(2,3)50-33(44)42-14-13-26(21-7-10-24(35)11-8-21)23(18-42)20-49-30-16-28(37)31(17-27(30)36)51(45,46)43(32-38-40-41(4)39-32)19-22-9-12-25(47-5)15-29(22)48-6/h7-12,15-17,23,26H,13-14,18-20H2,1-6H3/t23-,26-/m0/s1. The molecule has 51 heavy (non-hydrogen) atoms. The minimum absolute atomic E-state index is 0.114. The number of sulfonamides is 1. The van der Waals surface area contributed by atoms with Crippen molar-refractivity contribution >= 4 is 33.7 Å². The maximum absolute atomic E-state index is 15.8. The number of tetrazole rings is 1. The number of likely N-dealkylation sites (tertiary alicyclic amines) is 1. The Labute approximate surface area is 300 Å². The van der Waals surface area contributed by atoms with Gasteiger partial charge in [-0.3, -0.25) is 0 Å². The maximum Gasteiger partial charge on any atom is 0.410 e. The number of benzene rings is 3. The van der Waals surface area contributed by atoms with Crippen molar-refractivity contribution in [1.82, 2.24) is 25.1 Å². The van der Waals surface area contributed by atoms with E-state index in [2.05, 4.69) is 15.4 Å². The summed E-state index contributed by atoms with van der Waals surface area (Å²) in [5.41, 5.74) is 0.590. The average molecular weight is 749 g/mol. The van der Waals surface area contributed by atoms with Gasteiger partial charge in [0, 0.05) is 47.8 Å². The van der Waals surface area contributed by atoms with Crippen LogP contribution >= 0.6 is 11.6 Å². The number of piperidine rings is 1. The zero-order valence-electron chi connectivity index (χ0n) is 29.0. The van der Waals surface area contributed by atoms with Gasteiger partial charge in [0.15, 0.2) is 11.6 Å². The number of halogens is 3. The van der Waals surface area contributed by atoms with E-state index in [1.54, 1.807) is 56.0 Å². The van der Waals surface area contributed by atoms with Gasteiger partial charge in [-0.25, -0.2) is 26.3 Å². The van der Waals surface area contributed by atoms with E-state index in [0.29, 0.717) is 45.7 Å². The first-order chi connectivity index (χ1) is 24.1. The van der Waals surface area contributed by atoms with E-state index in [1.807, 2.05) is 12.1 Å². The molecule has 1 aromatic heterocycles. The van der Waals surface area contributed by atoms with E-state index in [1.165, 1.54) is 21.3 Å². The van der Waals surface area contributed by atoms with Gasteiger partial charge in [0.05, 0.1) is 34.4 Å². The third-order valence-electron chi connectivity index (χ3n) is 8.22. The molecule has 1 amide bonds. The molecular formula is C34H39ClF2N6O7S. The molecule has 4 aromatic rings. The molecule has 0 spiro atoms. The number of rotatable bonds is 11. The fourth-order valence-electron chi connectivity index (χ4n) is 5.75. The number of carbonyl (C=O) groups is 1. The molecule has 0 saturated carbocycles. The Kier molecular flexibility index (Phi) is 11.2. The van der Waals surface area contributed by atoms with Crippen molar-refractivity contribution in [3.05, 3.63) is 82.4 Å². The van der Waals surface area contributed by atoms with Crippen LogP contribution in [0.3, 0.4) is 0 Å². The summed E-state index contributed by atoms with van der Waals surface area (Å²) in [7, 11) is -0.550. The summed E-state index contributed by atoms with van der Waals surface area (Å²) < 4.78 is 82.3. The molecule has 0 unspecified atom stereocenters. The lowest BCUT2D eigenvalue weighted by molar-refractivity contribution is 0.0110. The Hall–Kier alpha value is -4.70. The molecule has 1 fully saturated rings. The molecule has 2 atom stereocenters. The van der Waals surface area contributed by atoms with Crippen LogP contribution < -0.4 is 18.5 Å². The van der Waals surface area contributed by atoms with Gasteiger partial charge in [0.1, 0.15) is 27.8 Å². The van der Waals surface area contributed by atoms with Crippen molar-refractivity contribution in [3.63, 3.8) is 0 Å². The number of hydrogen-bond donors (Lipinski definition) is 0. The van der Waals surface area contributed by atoms with Gasteiger partial charge < -0.3 is 23.8 Å². The van der Waals surface area contributed by atoms with Crippen molar-refractivity contribution < 1.29 is 40.9 Å². The van der Waals surface area contributed by atoms with Gasteiger partial charge in [-0.1, -0.05) is 28.8 Å². The first-order valence-electron chi connectivity index (χ1n) is 15.9. The lowest BCUT2D eigenvalue weighted by atomic mass is 9.81. The number of nitrogens with zero attached hydrogens (tertiary/aromatic N) is 6. The molecule has 1 aliphatic rings. The molecule has 0 N–H and O–H groups in total. The van der Waals surface area contributed by atoms with Crippen LogP contribution in [0.25, 0.3) is 0 Å². The van der Waals surface area contributed by atoms with Crippen LogP contribution in [-0.4, -0.2) is 79.1 Å². The minimum atomic E-state index is -4.84. The van der Waals surface area contributed by atoms with Crippen LogP contribution in [0, 0.1) is 17.6 Å². The van der Waals surface area contributed by atoms with Gasteiger partial charge >= 0.3 is 6.09 Å². The topological polar surface area (TPSA) is 138 Å². The fourth-order valence-corrected chi connectivity index (χ4v) is 7.27. The van der Waals surface area contributed by atoms with E-state index in [0.717, 1.165) is 10.4 Å². The van der Waals surface area contributed by atoms with Gasteiger partial charge in [-0.15, -0.1) is 5.10 Å². The Morgan fingerprint density at radius 2 is 1.75 bits per heavy atom. The highest BCUT2D eigenvalue weighted by molar-refractivity contribution is 7.92. The number of aromatic nitrogens is 4. The molecule has 1 saturated heterocycles. The van der Waals surface area contributed by atoms with Crippen LogP contribution in [-0.2, 0) is 28.4 Å². The summed E-state index contributed by atoms with van der Waals surface area (Å²) in [6, 6.07) is 13.2. The molecule has 3 aromatic carbocycles. The SMILES string of the molecule is COc1ccc(CN(c2nnn(C)n2)S(=O)(=O)c2cc(F)c(OC[C@@H]3CN(C(=O)OC(C)(C)C)CC[C@H]3c3ccc(Cl)cc3)cc2F)c(OC)c1. The monoisotopic (exact) mass is 748 g/mol. The summed E-state index contributed by atoms with van der Waals surface area (Å²) in [5.74, 6) is -3.02. The van der Waals surface area contributed by atoms with Crippen LogP contribution in [0.4, 0.5) is 19.5 Å². The summed E-state index contributed by atoms with van der Waals surface area (Å²) >= 11 is 6.11. The Balaban J connectivity index is 1.42. The third kappa shape index (κ3) is 8.79. The first kappa shape index (κ1) is 37.6. The largest absolute Gasteiger partial charge is 0.497 e. The number of methoxy groups -OCH3 is 2. The normalized spacial score (nSPS) is 16.5. The van der Waals surface area contributed by atoms with Crippen LogP contribution in [0.1, 0.15) is 44.2 Å². The Morgan fingerprint density at radius 1 is 1.02 bits per heavy atom. The van der Waals surface area contributed by atoms with Crippen molar-refractivity contribution in [2.75, 3.05) is 38.2 Å². The fraction of sp³-hybridized carbons (Fsp3) is 0.412. The molecule has 0 radical (unpaired) electrons. The van der Waals surface area contributed by atoms with Gasteiger partial charge in [-0.2, -0.15) is 4.80 Å². The van der Waals surface area contributed by atoms with E-state index in [9.17, 15) is 13.2 Å². The van der Waals surface area contributed by atoms with E-state index < -0.39 is 50.5 Å². The highest BCUT2D eigenvalue weighted by Gasteiger charge is 2.36. The summed E-state index contributed by atoms with van der Waals surface area (Å²) in [5, 5.41) is 12.1. The van der Waals surface area contributed by atoms with Gasteiger partial charge in [-0.05, 0) is 68.2 Å². The highest BCUT2D eigenvalue weighted by atomic mass is 35.5. The molecule has 274 valence electrons. The first-order valence-corrected chi connectivity index (χ1v) is 17.7. The molecular weight excluding hydrogens is 710 g/mol. The van der Waals surface area contributed by atoms with Crippen LogP contribution in [0.2, 0.25) is 5.02 Å². The summed E-state index contributed by atoms with van der Waals surface area (Å²) in [6.07, 6.45) is 0.0528. The predicted molar refractivity (Wildman–Crippen MR) is 184 cm³/mol. The number of carbonyl (C=O) groups excluding carboxylic acids is 1. The quantitative estimate of drug-likeness (QED) is 0.180. The van der Waals surface area contributed by atoms with Crippen molar-refractivity contribution in [2.24, 2.45) is 13.0 Å². The second-order valence-electron chi connectivity index (χ2n) is 12.9. The van der Waals surface area contributed by atoms with E-state index >= 15 is 8.78 Å². The molecule has 0 bridgehead atoms. The molecule has 5 rings (SSSR count). The summed E-state index contributed by atoms with van der Waals surface area (Å²) in [6.45, 7) is 5.40. The minimum Gasteiger partial charge on any atom is -0.497 e. The number of hydrogen-bond acceptors (Lipinski definition) is 10. The van der Waals surface area contributed by atoms with Crippen molar-refractivity contribution in [1.29, 1.82) is 0 Å². The third-order valence-corrected chi connectivity index (χ3v) is 10.2. The number of anilines is 1. The second-order valence-corrected chi connectivity index (χ2v) is 15.2. The molecule has 17 heteroatoms. The molecule has 0 aliphatic carbocycles. The molecule has 13 nitrogen and oxygen atoms in total. The van der Waals surface area contributed by atoms with Crippen molar-refractivity contribution in [2.45, 2.75) is 50.2 Å². The Bertz CT molecular complexity index is 1970. The highest BCUT2D eigenvalue weighted by Crippen LogP contribution is 2.36. The maximum atomic E-state index is 15.8. The van der Waals surface area contributed by atoms with E-state index in [-0.39, 0.29) is 36.7 Å². The summed E-state index contributed by atoms with van der Waals surface area (Å²) in [4.78, 5) is 14.6. The predicted octanol–water partition coefficient (Wildman–Crippen LogP) is 5.97. The van der Waals surface area contributed by atoms with Crippen LogP contribution in [0.15, 0.2) is 59.5 Å². The van der Waals surface area contributed by atoms with Gasteiger partial charge in [0.25, 0.3) is 16.0 Å². The van der Waals surface area contributed by atoms with Crippen molar-refractivity contribution in [3.8, 4) is 17.2 Å².